The molecule has 1 rings (SSSR count). The number of aromatic nitrogens is 2. The smallest absolute Gasteiger partial charge is 0.207 e. The molecule has 0 saturated carbocycles. The first-order valence-corrected chi connectivity index (χ1v) is 4.58. The molecule has 0 aliphatic carbocycles. The molecule has 0 bridgehead atoms. The molecular weight excluding hydrogens is 230 g/mol. The van der Waals surface area contributed by atoms with Crippen LogP contribution in [0.25, 0.3) is 0 Å². The van der Waals surface area contributed by atoms with E-state index in [1.807, 2.05) is 0 Å². The highest BCUT2D eigenvalue weighted by Crippen LogP contribution is 2.22. The number of hydrogen-bond acceptors (Lipinski definition) is 6. The van der Waals surface area contributed by atoms with Gasteiger partial charge in [0.25, 0.3) is 0 Å². The van der Waals surface area contributed by atoms with Crippen molar-refractivity contribution in [3.05, 3.63) is 10.8 Å². The molecule has 0 amide bonds. The number of nitrogens with two attached hydrogens (primary N) is 2. The Hall–Kier alpha value is -2.07. The third-order valence-corrected chi connectivity index (χ3v) is 1.95. The van der Waals surface area contributed by atoms with Gasteiger partial charge in [0.05, 0.1) is 0 Å². The number of aliphatic imine (C=N–C) groups is 1. The molecule has 1 aromatic heterocycles. The van der Waals surface area contributed by atoms with E-state index in [2.05, 4.69) is 15.0 Å². The van der Waals surface area contributed by atoms with E-state index in [0.29, 0.717) is 5.82 Å². The largest absolute Gasteiger partial charge is 0.382 e. The van der Waals surface area contributed by atoms with E-state index in [0.717, 1.165) is 0 Å². The van der Waals surface area contributed by atoms with E-state index in [4.69, 9.17) is 28.3 Å². The predicted molar refractivity (Wildman–Crippen MR) is 62.1 cm³/mol. The van der Waals surface area contributed by atoms with Crippen LogP contribution in [0.3, 0.4) is 0 Å². The number of hydrogen-bond donors (Lipinski definition) is 2. The van der Waals surface area contributed by atoms with E-state index in [1.165, 1.54) is 6.19 Å². The van der Waals surface area contributed by atoms with Crippen molar-refractivity contribution in [3.8, 4) is 6.19 Å². The van der Waals surface area contributed by atoms with Crippen LogP contribution in [-0.2, 0) is 0 Å². The summed E-state index contributed by atoms with van der Waals surface area (Å²) in [4.78, 5) is 12.9. The van der Waals surface area contributed by atoms with Crippen LogP contribution in [0.5, 0.6) is 0 Å². The molecule has 0 atom stereocenters. The number of anilines is 2. The normalized spacial score (nSPS) is 11.0. The van der Waals surface area contributed by atoms with Gasteiger partial charge in [-0.3, -0.25) is 0 Å². The Morgan fingerprint density at radius 3 is 2.62 bits per heavy atom. The van der Waals surface area contributed by atoms with Crippen LogP contribution < -0.4 is 16.4 Å². The minimum absolute atomic E-state index is 0.0737. The van der Waals surface area contributed by atoms with Crippen LogP contribution in [0.1, 0.15) is 5.69 Å². The van der Waals surface area contributed by atoms with Crippen LogP contribution in [-0.4, -0.2) is 29.9 Å². The van der Waals surface area contributed by atoms with Crippen LogP contribution >= 0.6 is 11.6 Å². The zero-order valence-corrected chi connectivity index (χ0v) is 9.52. The number of halogens is 1. The molecule has 1 aromatic rings. The third-order valence-electron chi connectivity index (χ3n) is 1.70. The maximum atomic E-state index is 8.35. The van der Waals surface area contributed by atoms with Gasteiger partial charge in [-0.15, -0.1) is 0 Å². The van der Waals surface area contributed by atoms with Crippen LogP contribution in [0, 0.1) is 11.5 Å². The molecule has 0 radical (unpaired) electrons. The fourth-order valence-corrected chi connectivity index (χ4v) is 1.29. The highest BCUT2D eigenvalue weighted by Gasteiger charge is 2.14. The first-order valence-electron chi connectivity index (χ1n) is 4.20. The molecule has 0 spiro atoms. The summed E-state index contributed by atoms with van der Waals surface area (Å²) in [6, 6.07) is 0. The quantitative estimate of drug-likeness (QED) is 0.425. The van der Waals surface area contributed by atoms with Crippen molar-refractivity contribution < 1.29 is 0 Å². The van der Waals surface area contributed by atoms with E-state index in [-0.39, 0.29) is 22.5 Å². The maximum Gasteiger partial charge on any atom is 0.207 e. The summed E-state index contributed by atoms with van der Waals surface area (Å²) in [7, 11) is 3.50. The summed E-state index contributed by atoms with van der Waals surface area (Å²) in [5.41, 5.74) is 11.2. The number of nitrogen functional groups attached to an aromatic ring is 1. The Labute approximate surface area is 97.4 Å². The third kappa shape index (κ3) is 2.29. The SMILES string of the molecule is CN(C)c1nc(N)c(C(N)=NC#N)nc1Cl. The van der Waals surface area contributed by atoms with E-state index < -0.39 is 0 Å². The van der Waals surface area contributed by atoms with Gasteiger partial charge in [0.2, 0.25) is 6.19 Å². The lowest BCUT2D eigenvalue weighted by Gasteiger charge is -2.14. The minimum atomic E-state index is -0.111. The van der Waals surface area contributed by atoms with Crippen molar-refractivity contribution >= 4 is 29.1 Å². The summed E-state index contributed by atoms with van der Waals surface area (Å²) in [6.45, 7) is 0. The van der Waals surface area contributed by atoms with Gasteiger partial charge >= 0.3 is 0 Å². The molecule has 84 valence electrons. The number of amidine groups is 1. The standard InChI is InChI=1S/C8H10ClN7/c1-16(2)8-5(9)14-4(7(12)15-8)6(11)13-3-10/h1-2H3,(H2,11,13)(H2,12,15). The van der Waals surface area contributed by atoms with Gasteiger partial charge in [-0.25, -0.2) is 9.97 Å². The Kier molecular flexibility index (Phi) is 3.48. The predicted octanol–water partition coefficient (Wildman–Crippen LogP) is -0.0354. The topological polar surface area (TPSA) is 117 Å². The fourth-order valence-electron chi connectivity index (χ4n) is 0.998. The summed E-state index contributed by atoms with van der Waals surface area (Å²) in [5.74, 6) is 0.386. The lowest BCUT2D eigenvalue weighted by molar-refractivity contribution is 1.04. The highest BCUT2D eigenvalue weighted by molar-refractivity contribution is 6.32. The number of nitriles is 1. The second-order valence-electron chi connectivity index (χ2n) is 3.06. The fraction of sp³-hybridized carbons (Fsp3) is 0.250. The molecular formula is C8H10ClN7. The number of rotatable bonds is 2. The molecule has 0 aliphatic rings. The first-order chi connectivity index (χ1) is 7.47. The molecule has 0 unspecified atom stereocenters. The summed E-state index contributed by atoms with van der Waals surface area (Å²) < 4.78 is 0. The molecule has 1 heterocycles. The summed E-state index contributed by atoms with van der Waals surface area (Å²) in [5, 5.41) is 8.50. The van der Waals surface area contributed by atoms with Crippen molar-refractivity contribution in [1.82, 2.24) is 9.97 Å². The molecule has 4 N–H and O–H groups in total. The Balaban J connectivity index is 3.32. The van der Waals surface area contributed by atoms with Crippen LogP contribution in [0.15, 0.2) is 4.99 Å². The van der Waals surface area contributed by atoms with E-state index in [9.17, 15) is 0 Å². The van der Waals surface area contributed by atoms with Gasteiger partial charge in [0, 0.05) is 14.1 Å². The first kappa shape index (κ1) is 12.0. The highest BCUT2D eigenvalue weighted by atomic mass is 35.5. The van der Waals surface area contributed by atoms with Gasteiger partial charge in [0.15, 0.2) is 22.6 Å². The van der Waals surface area contributed by atoms with Crippen LogP contribution in [0.2, 0.25) is 5.15 Å². The van der Waals surface area contributed by atoms with Gasteiger partial charge in [0.1, 0.15) is 5.69 Å². The zero-order chi connectivity index (χ0) is 12.3. The monoisotopic (exact) mass is 239 g/mol. The van der Waals surface area contributed by atoms with E-state index >= 15 is 0 Å². The molecule has 0 aromatic carbocycles. The lowest BCUT2D eigenvalue weighted by atomic mass is 10.3. The van der Waals surface area contributed by atoms with Gasteiger partial charge in [-0.1, -0.05) is 11.6 Å². The molecule has 0 aliphatic heterocycles. The molecule has 16 heavy (non-hydrogen) atoms. The molecule has 7 nitrogen and oxygen atoms in total. The lowest BCUT2D eigenvalue weighted by Crippen LogP contribution is -2.20. The van der Waals surface area contributed by atoms with Crippen LogP contribution in [0.4, 0.5) is 11.6 Å². The Morgan fingerprint density at radius 2 is 2.12 bits per heavy atom. The minimum Gasteiger partial charge on any atom is -0.382 e. The number of nitrogens with zero attached hydrogens (tertiary/aromatic N) is 5. The Morgan fingerprint density at radius 1 is 1.50 bits per heavy atom. The van der Waals surface area contributed by atoms with Gasteiger partial charge in [-0.2, -0.15) is 10.3 Å². The van der Waals surface area contributed by atoms with Crippen molar-refractivity contribution in [2.24, 2.45) is 10.7 Å². The van der Waals surface area contributed by atoms with Crippen molar-refractivity contribution in [2.75, 3.05) is 24.7 Å². The summed E-state index contributed by atoms with van der Waals surface area (Å²) in [6.07, 6.45) is 1.54. The van der Waals surface area contributed by atoms with Crippen molar-refractivity contribution in [1.29, 1.82) is 5.26 Å². The summed E-state index contributed by atoms with van der Waals surface area (Å²) >= 11 is 5.88. The van der Waals surface area contributed by atoms with Gasteiger partial charge < -0.3 is 16.4 Å². The molecule has 0 fully saturated rings. The van der Waals surface area contributed by atoms with Gasteiger partial charge in [-0.05, 0) is 0 Å². The average molecular weight is 240 g/mol. The Bertz CT molecular complexity index is 474. The molecule has 8 heteroatoms. The zero-order valence-electron chi connectivity index (χ0n) is 8.77. The van der Waals surface area contributed by atoms with Crippen molar-refractivity contribution in [3.63, 3.8) is 0 Å². The average Bonchev–Trinajstić information content (AvgIpc) is 2.20. The van der Waals surface area contributed by atoms with Crippen molar-refractivity contribution in [2.45, 2.75) is 0 Å². The maximum absolute atomic E-state index is 8.35. The molecule has 0 saturated heterocycles. The van der Waals surface area contributed by atoms with E-state index in [1.54, 1.807) is 19.0 Å². The second-order valence-corrected chi connectivity index (χ2v) is 3.42. The second kappa shape index (κ2) is 4.63.